The second-order valence-electron chi connectivity index (χ2n) is 3.60. The Labute approximate surface area is 98.1 Å². The van der Waals surface area contributed by atoms with Crippen molar-refractivity contribution in [3.8, 4) is 0 Å². The van der Waals surface area contributed by atoms with E-state index >= 15 is 0 Å². The maximum absolute atomic E-state index is 12.7. The van der Waals surface area contributed by atoms with Crippen molar-refractivity contribution in [1.29, 1.82) is 0 Å². The van der Waals surface area contributed by atoms with Gasteiger partial charge in [0, 0.05) is 0 Å². The van der Waals surface area contributed by atoms with Crippen molar-refractivity contribution >= 4 is 5.78 Å². The lowest BCUT2D eigenvalue weighted by atomic mass is 10.1. The van der Waals surface area contributed by atoms with Gasteiger partial charge in [0.25, 0.3) is 0 Å². The topological polar surface area (TPSA) is 26.3 Å². The quantitative estimate of drug-likeness (QED) is 0.700. The summed E-state index contributed by atoms with van der Waals surface area (Å²) in [7, 11) is 0. The van der Waals surface area contributed by atoms with E-state index in [0.717, 1.165) is 0 Å². The fraction of sp³-hybridized carbons (Fsp3) is 0.889. The lowest BCUT2D eigenvalue weighted by molar-refractivity contribution is -0.344. The minimum absolute atomic E-state index is 0.286. The standard InChI is InChI=1S/C9H11F7O2/c1-3-5(2)18-4-6(17)7(10,11)8(12,13)9(14,15)16/h5H,3-4H2,1-2H3. The van der Waals surface area contributed by atoms with Gasteiger partial charge in [0.1, 0.15) is 6.61 Å². The van der Waals surface area contributed by atoms with Crippen LogP contribution in [0, 0.1) is 0 Å². The Morgan fingerprint density at radius 1 is 1.11 bits per heavy atom. The van der Waals surface area contributed by atoms with Crippen LogP contribution in [0.5, 0.6) is 0 Å². The van der Waals surface area contributed by atoms with Crippen molar-refractivity contribution in [3.05, 3.63) is 0 Å². The first-order valence-corrected chi connectivity index (χ1v) is 4.85. The predicted molar refractivity (Wildman–Crippen MR) is 46.7 cm³/mol. The maximum Gasteiger partial charge on any atom is 0.460 e. The van der Waals surface area contributed by atoms with Gasteiger partial charge in [-0.2, -0.15) is 30.7 Å². The minimum Gasteiger partial charge on any atom is -0.370 e. The van der Waals surface area contributed by atoms with Gasteiger partial charge in [-0.1, -0.05) is 6.92 Å². The molecule has 0 aromatic rings. The van der Waals surface area contributed by atoms with Crippen LogP contribution in [-0.4, -0.2) is 36.5 Å². The number of halogens is 7. The molecule has 0 fully saturated rings. The lowest BCUT2D eigenvalue weighted by Gasteiger charge is -2.27. The highest BCUT2D eigenvalue weighted by molar-refractivity contribution is 5.88. The van der Waals surface area contributed by atoms with Gasteiger partial charge in [-0.3, -0.25) is 4.79 Å². The Bertz CT molecular complexity index is 298. The van der Waals surface area contributed by atoms with Gasteiger partial charge in [0.2, 0.25) is 5.78 Å². The molecule has 1 atom stereocenters. The zero-order valence-electron chi connectivity index (χ0n) is 9.45. The van der Waals surface area contributed by atoms with Gasteiger partial charge >= 0.3 is 18.0 Å². The monoisotopic (exact) mass is 284 g/mol. The average molecular weight is 284 g/mol. The summed E-state index contributed by atoms with van der Waals surface area (Å²) in [6.45, 7) is 1.40. The van der Waals surface area contributed by atoms with E-state index in [1.165, 1.54) is 6.92 Å². The Kier molecular flexibility index (Phi) is 5.16. The van der Waals surface area contributed by atoms with Crippen LogP contribution in [0.4, 0.5) is 30.7 Å². The van der Waals surface area contributed by atoms with E-state index in [1.807, 2.05) is 0 Å². The molecule has 0 rings (SSSR count). The van der Waals surface area contributed by atoms with Crippen LogP contribution in [-0.2, 0) is 9.53 Å². The molecule has 2 nitrogen and oxygen atoms in total. The number of Topliss-reactive ketones (excluding diaryl/α,β-unsaturated/α-hetero) is 1. The van der Waals surface area contributed by atoms with Gasteiger partial charge in [-0.25, -0.2) is 0 Å². The summed E-state index contributed by atoms with van der Waals surface area (Å²) in [5.41, 5.74) is 0. The molecule has 0 heterocycles. The van der Waals surface area contributed by atoms with Crippen LogP contribution < -0.4 is 0 Å². The number of hydrogen-bond acceptors (Lipinski definition) is 2. The van der Waals surface area contributed by atoms with Crippen molar-refractivity contribution < 1.29 is 40.3 Å². The van der Waals surface area contributed by atoms with E-state index < -0.39 is 36.5 Å². The van der Waals surface area contributed by atoms with E-state index in [2.05, 4.69) is 4.74 Å². The number of ketones is 1. The molecule has 0 bridgehead atoms. The molecule has 0 N–H and O–H groups in total. The van der Waals surface area contributed by atoms with Crippen molar-refractivity contribution in [2.24, 2.45) is 0 Å². The molecule has 108 valence electrons. The molecule has 0 aromatic carbocycles. The zero-order valence-corrected chi connectivity index (χ0v) is 9.45. The molecule has 0 aliphatic rings. The third-order valence-corrected chi connectivity index (χ3v) is 2.17. The highest BCUT2D eigenvalue weighted by atomic mass is 19.4. The Morgan fingerprint density at radius 3 is 1.89 bits per heavy atom. The normalized spacial score (nSPS) is 15.6. The molecule has 0 amide bonds. The summed E-state index contributed by atoms with van der Waals surface area (Å²) in [5, 5.41) is 0. The second kappa shape index (κ2) is 5.41. The summed E-state index contributed by atoms with van der Waals surface area (Å²) in [5.74, 6) is -14.9. The molecule has 0 spiro atoms. The number of carbonyl (C=O) groups is 1. The summed E-state index contributed by atoms with van der Waals surface area (Å²) in [4.78, 5) is 10.7. The number of alkyl halides is 7. The molecule has 9 heteroatoms. The van der Waals surface area contributed by atoms with E-state index in [-0.39, 0.29) is 6.42 Å². The fourth-order valence-electron chi connectivity index (χ4n) is 0.780. The number of carbonyl (C=O) groups excluding carboxylic acids is 1. The fourth-order valence-corrected chi connectivity index (χ4v) is 0.780. The van der Waals surface area contributed by atoms with Crippen molar-refractivity contribution in [2.45, 2.75) is 44.4 Å². The van der Waals surface area contributed by atoms with Gasteiger partial charge in [-0.15, -0.1) is 0 Å². The first-order chi connectivity index (χ1) is 7.88. The van der Waals surface area contributed by atoms with Gasteiger partial charge < -0.3 is 4.74 Å². The highest BCUT2D eigenvalue weighted by Gasteiger charge is 2.75. The van der Waals surface area contributed by atoms with Crippen LogP contribution in [0.1, 0.15) is 20.3 Å². The smallest absolute Gasteiger partial charge is 0.370 e. The molecule has 0 aliphatic heterocycles. The molecular weight excluding hydrogens is 273 g/mol. The number of rotatable bonds is 6. The Hall–Kier alpha value is -0.860. The Morgan fingerprint density at radius 2 is 1.56 bits per heavy atom. The molecular formula is C9H11F7O2. The summed E-state index contributed by atoms with van der Waals surface area (Å²) in [6, 6.07) is 0. The van der Waals surface area contributed by atoms with E-state index in [9.17, 15) is 35.5 Å². The molecule has 0 aromatic heterocycles. The SMILES string of the molecule is CCC(C)OCC(=O)C(F)(F)C(F)(F)C(F)(F)F. The molecule has 0 aliphatic carbocycles. The van der Waals surface area contributed by atoms with Crippen LogP contribution >= 0.6 is 0 Å². The number of hydrogen-bond donors (Lipinski definition) is 0. The zero-order chi connectivity index (χ0) is 14.8. The summed E-state index contributed by atoms with van der Waals surface area (Å²) in [6.07, 6.45) is -6.93. The van der Waals surface area contributed by atoms with E-state index in [1.54, 1.807) is 6.92 Å². The average Bonchev–Trinajstić information content (AvgIpc) is 2.23. The summed E-state index contributed by atoms with van der Waals surface area (Å²) < 4.78 is 89.9. The molecule has 0 saturated carbocycles. The largest absolute Gasteiger partial charge is 0.460 e. The van der Waals surface area contributed by atoms with Gasteiger partial charge in [0.15, 0.2) is 0 Å². The van der Waals surface area contributed by atoms with Crippen molar-refractivity contribution in [1.82, 2.24) is 0 Å². The first kappa shape index (κ1) is 17.1. The van der Waals surface area contributed by atoms with Gasteiger partial charge in [-0.05, 0) is 13.3 Å². The van der Waals surface area contributed by atoms with Crippen LogP contribution in [0.2, 0.25) is 0 Å². The van der Waals surface area contributed by atoms with Crippen LogP contribution in [0.25, 0.3) is 0 Å². The van der Waals surface area contributed by atoms with Gasteiger partial charge in [0.05, 0.1) is 6.10 Å². The molecule has 0 radical (unpaired) electrons. The molecule has 1 unspecified atom stereocenters. The van der Waals surface area contributed by atoms with Crippen LogP contribution in [0.3, 0.4) is 0 Å². The summed E-state index contributed by atoms with van der Waals surface area (Å²) >= 11 is 0. The predicted octanol–water partition coefficient (Wildman–Crippen LogP) is 3.20. The number of ether oxygens (including phenoxy) is 1. The highest BCUT2D eigenvalue weighted by Crippen LogP contribution is 2.46. The van der Waals surface area contributed by atoms with Crippen molar-refractivity contribution in [2.75, 3.05) is 6.61 Å². The molecule has 18 heavy (non-hydrogen) atoms. The molecule has 0 saturated heterocycles. The Balaban J connectivity index is 4.87. The van der Waals surface area contributed by atoms with E-state index in [0.29, 0.717) is 0 Å². The van der Waals surface area contributed by atoms with Crippen LogP contribution in [0.15, 0.2) is 0 Å². The minimum atomic E-state index is -6.51. The lowest BCUT2D eigenvalue weighted by Crippen LogP contribution is -2.57. The third kappa shape index (κ3) is 3.33. The van der Waals surface area contributed by atoms with Crippen molar-refractivity contribution in [3.63, 3.8) is 0 Å². The maximum atomic E-state index is 12.7. The third-order valence-electron chi connectivity index (χ3n) is 2.17. The first-order valence-electron chi connectivity index (χ1n) is 4.85. The van der Waals surface area contributed by atoms with E-state index in [4.69, 9.17) is 0 Å². The second-order valence-corrected chi connectivity index (χ2v) is 3.60.